The molecule has 1 aliphatic rings. The van der Waals surface area contributed by atoms with Crippen molar-refractivity contribution in [1.29, 1.82) is 0 Å². The van der Waals surface area contributed by atoms with Crippen LogP contribution in [0.2, 0.25) is 0 Å². The predicted octanol–water partition coefficient (Wildman–Crippen LogP) is 2.42. The fourth-order valence-corrected chi connectivity index (χ4v) is 2.72. The molecule has 6 nitrogen and oxygen atoms in total. The Morgan fingerprint density at radius 3 is 2.52 bits per heavy atom. The Labute approximate surface area is 161 Å². The first-order valence-electron chi connectivity index (χ1n) is 8.27. The number of aliphatic carboxylic acids is 1. The number of hydrogen-bond acceptors (Lipinski definition) is 4. The minimum absolute atomic E-state index is 0. The summed E-state index contributed by atoms with van der Waals surface area (Å²) < 4.78 is 43.0. The Bertz CT molecular complexity index is 635. The van der Waals surface area contributed by atoms with E-state index >= 15 is 0 Å². The summed E-state index contributed by atoms with van der Waals surface area (Å²) in [6.45, 7) is 1.47. The van der Waals surface area contributed by atoms with Crippen molar-refractivity contribution in [3.63, 3.8) is 0 Å². The van der Waals surface area contributed by atoms with E-state index in [1.807, 2.05) is 4.90 Å². The van der Waals surface area contributed by atoms with Crippen molar-refractivity contribution in [2.24, 2.45) is 5.92 Å². The molecule has 152 valence electrons. The van der Waals surface area contributed by atoms with E-state index in [-0.39, 0.29) is 49.7 Å². The van der Waals surface area contributed by atoms with Gasteiger partial charge < -0.3 is 15.2 Å². The molecule has 1 saturated heterocycles. The zero-order valence-corrected chi connectivity index (χ0v) is 15.3. The molecular formula is C17H22ClF3N2O4. The number of carbonyl (C=O) groups is 2. The van der Waals surface area contributed by atoms with Crippen LogP contribution in [0.3, 0.4) is 0 Å². The fraction of sp³-hybridized carbons (Fsp3) is 0.529. The van der Waals surface area contributed by atoms with Gasteiger partial charge in [-0.2, -0.15) is 13.2 Å². The Kier molecular flexibility index (Phi) is 8.84. The number of rotatable bonds is 7. The maximum atomic E-state index is 12.6. The summed E-state index contributed by atoms with van der Waals surface area (Å²) in [5.74, 6) is -1.30. The van der Waals surface area contributed by atoms with Crippen molar-refractivity contribution in [1.82, 2.24) is 10.2 Å². The minimum Gasteiger partial charge on any atom is -0.492 e. The van der Waals surface area contributed by atoms with Gasteiger partial charge in [0.15, 0.2) is 0 Å². The lowest BCUT2D eigenvalue weighted by atomic mass is 9.97. The molecule has 0 saturated carbocycles. The van der Waals surface area contributed by atoms with Gasteiger partial charge in [-0.25, -0.2) is 0 Å². The number of alkyl halides is 3. The number of carboxylic acid groups (broad SMARTS) is 1. The summed E-state index contributed by atoms with van der Waals surface area (Å²) in [5.41, 5.74) is -0.788. The van der Waals surface area contributed by atoms with Crippen molar-refractivity contribution in [3.05, 3.63) is 29.8 Å². The molecule has 1 fully saturated rings. The molecule has 1 aliphatic heterocycles. The summed E-state index contributed by atoms with van der Waals surface area (Å²) >= 11 is 0. The number of hydrogen-bond donors (Lipinski definition) is 2. The zero-order valence-electron chi connectivity index (χ0n) is 14.5. The van der Waals surface area contributed by atoms with Crippen LogP contribution < -0.4 is 10.1 Å². The standard InChI is InChI=1S/C17H21F3N2O4.ClH/c18-17(19,20)13-2-1-3-14(10-13)26-9-6-21-15(23)11-22-7-4-12(5-8-22)16(24)25;/h1-3,10,12H,4-9,11H2,(H,21,23)(H,24,25);1H. The maximum Gasteiger partial charge on any atom is 0.416 e. The summed E-state index contributed by atoms with van der Waals surface area (Å²) in [4.78, 5) is 24.6. The second-order valence-corrected chi connectivity index (χ2v) is 6.11. The molecule has 2 rings (SSSR count). The molecule has 1 amide bonds. The summed E-state index contributed by atoms with van der Waals surface area (Å²) in [6, 6.07) is 4.55. The maximum absolute atomic E-state index is 12.6. The van der Waals surface area contributed by atoms with Crippen LogP contribution in [0.1, 0.15) is 18.4 Å². The molecule has 27 heavy (non-hydrogen) atoms. The second kappa shape index (κ2) is 10.4. The molecule has 0 aliphatic carbocycles. The summed E-state index contributed by atoms with van der Waals surface area (Å²) in [6.07, 6.45) is -3.40. The number of amides is 1. The van der Waals surface area contributed by atoms with Gasteiger partial charge in [0.05, 0.1) is 24.6 Å². The van der Waals surface area contributed by atoms with Gasteiger partial charge in [-0.3, -0.25) is 14.5 Å². The van der Waals surface area contributed by atoms with E-state index in [4.69, 9.17) is 9.84 Å². The van der Waals surface area contributed by atoms with Gasteiger partial charge in [-0.1, -0.05) is 6.07 Å². The lowest BCUT2D eigenvalue weighted by Gasteiger charge is -2.29. The van der Waals surface area contributed by atoms with E-state index < -0.39 is 17.7 Å². The lowest BCUT2D eigenvalue weighted by molar-refractivity contribution is -0.143. The number of likely N-dealkylation sites (tertiary alicyclic amines) is 1. The number of piperidine rings is 1. The SMILES string of the molecule is Cl.O=C(CN1CCC(C(=O)O)CC1)NCCOc1cccc(C(F)(F)F)c1. The first-order valence-corrected chi connectivity index (χ1v) is 8.27. The van der Waals surface area contributed by atoms with Crippen molar-refractivity contribution in [2.75, 3.05) is 32.8 Å². The Hall–Kier alpha value is -2.00. The Balaban J connectivity index is 0.00000364. The number of nitrogens with zero attached hydrogens (tertiary/aromatic N) is 1. The molecule has 0 unspecified atom stereocenters. The molecule has 0 aromatic heterocycles. The van der Waals surface area contributed by atoms with Crippen LogP contribution in [0.5, 0.6) is 5.75 Å². The first-order chi connectivity index (χ1) is 12.3. The fourth-order valence-electron chi connectivity index (χ4n) is 2.72. The first kappa shape index (κ1) is 23.0. The molecule has 10 heteroatoms. The van der Waals surface area contributed by atoms with Crippen LogP contribution in [0.15, 0.2) is 24.3 Å². The molecule has 2 N–H and O–H groups in total. The Morgan fingerprint density at radius 2 is 1.93 bits per heavy atom. The third-order valence-corrected chi connectivity index (χ3v) is 4.16. The average Bonchev–Trinajstić information content (AvgIpc) is 2.59. The van der Waals surface area contributed by atoms with Crippen LogP contribution in [-0.2, 0) is 15.8 Å². The molecule has 1 heterocycles. The zero-order chi connectivity index (χ0) is 19.2. The number of benzene rings is 1. The highest BCUT2D eigenvalue weighted by Crippen LogP contribution is 2.31. The van der Waals surface area contributed by atoms with Crippen LogP contribution in [0.4, 0.5) is 13.2 Å². The lowest BCUT2D eigenvalue weighted by Crippen LogP contribution is -2.43. The minimum atomic E-state index is -4.43. The largest absolute Gasteiger partial charge is 0.492 e. The quantitative estimate of drug-likeness (QED) is 0.675. The average molecular weight is 411 g/mol. The van der Waals surface area contributed by atoms with Gasteiger partial charge in [0.2, 0.25) is 5.91 Å². The normalized spacial score (nSPS) is 15.7. The third kappa shape index (κ3) is 7.64. The van der Waals surface area contributed by atoms with Gasteiger partial charge in [0, 0.05) is 0 Å². The van der Waals surface area contributed by atoms with E-state index in [0.717, 1.165) is 12.1 Å². The predicted molar refractivity (Wildman–Crippen MR) is 94.0 cm³/mol. The van der Waals surface area contributed by atoms with Crippen molar-refractivity contribution < 1.29 is 32.6 Å². The van der Waals surface area contributed by atoms with E-state index in [1.54, 1.807) is 0 Å². The smallest absolute Gasteiger partial charge is 0.416 e. The number of ether oxygens (including phenoxy) is 1. The Morgan fingerprint density at radius 1 is 1.26 bits per heavy atom. The number of carbonyl (C=O) groups excluding carboxylic acids is 1. The highest BCUT2D eigenvalue weighted by atomic mass is 35.5. The summed E-state index contributed by atoms with van der Waals surface area (Å²) in [5, 5.41) is 11.6. The number of nitrogens with one attached hydrogen (secondary N) is 1. The molecular weight excluding hydrogens is 389 g/mol. The summed E-state index contributed by atoms with van der Waals surface area (Å²) in [7, 11) is 0. The van der Waals surface area contributed by atoms with Crippen molar-refractivity contribution in [3.8, 4) is 5.75 Å². The highest BCUT2D eigenvalue weighted by Gasteiger charge is 2.30. The van der Waals surface area contributed by atoms with Crippen molar-refractivity contribution in [2.45, 2.75) is 19.0 Å². The molecule has 0 atom stereocenters. The van der Waals surface area contributed by atoms with Crippen LogP contribution in [-0.4, -0.2) is 54.7 Å². The van der Waals surface area contributed by atoms with Gasteiger partial charge in [-0.05, 0) is 44.1 Å². The monoisotopic (exact) mass is 410 g/mol. The number of halogens is 4. The van der Waals surface area contributed by atoms with E-state index in [9.17, 15) is 22.8 Å². The third-order valence-electron chi connectivity index (χ3n) is 4.16. The number of carboxylic acids is 1. The van der Waals surface area contributed by atoms with Crippen LogP contribution in [0.25, 0.3) is 0 Å². The molecule has 0 spiro atoms. The van der Waals surface area contributed by atoms with Gasteiger partial charge in [-0.15, -0.1) is 12.4 Å². The second-order valence-electron chi connectivity index (χ2n) is 6.11. The molecule has 0 radical (unpaired) electrons. The molecule has 1 aromatic rings. The highest BCUT2D eigenvalue weighted by molar-refractivity contribution is 5.85. The molecule has 1 aromatic carbocycles. The van der Waals surface area contributed by atoms with Gasteiger partial charge in [0.25, 0.3) is 0 Å². The van der Waals surface area contributed by atoms with Crippen molar-refractivity contribution >= 4 is 24.3 Å². The van der Waals surface area contributed by atoms with Crippen LogP contribution >= 0.6 is 12.4 Å². The van der Waals surface area contributed by atoms with E-state index in [1.165, 1.54) is 12.1 Å². The van der Waals surface area contributed by atoms with E-state index in [2.05, 4.69) is 5.32 Å². The van der Waals surface area contributed by atoms with E-state index in [0.29, 0.717) is 25.9 Å². The molecule has 0 bridgehead atoms. The topological polar surface area (TPSA) is 78.9 Å². The van der Waals surface area contributed by atoms with Crippen LogP contribution in [0, 0.1) is 5.92 Å². The van der Waals surface area contributed by atoms with Gasteiger partial charge in [0.1, 0.15) is 12.4 Å². The van der Waals surface area contributed by atoms with Gasteiger partial charge >= 0.3 is 12.1 Å².